The monoisotopic (exact) mass is 348 g/mol. The van der Waals surface area contributed by atoms with Crippen molar-refractivity contribution in [1.29, 1.82) is 0 Å². The highest BCUT2D eigenvalue weighted by atomic mass is 32.2. The molecule has 2 aromatic carbocycles. The number of hydrogen-bond donors (Lipinski definition) is 2. The Kier molecular flexibility index (Phi) is 4.41. The minimum Gasteiger partial charge on any atom is -0.494 e. The molecule has 1 aromatic heterocycles. The molecule has 3 aromatic rings. The van der Waals surface area contributed by atoms with Crippen LogP contribution in [0.15, 0.2) is 56.6 Å². The zero-order chi connectivity index (χ0) is 17.2. The standard InChI is InChI=1S/C16H16N2O5S/c1-2-22-12-4-6-13(7-5-12)24(20,21)17-10-11-3-8-14-15(9-11)23-16(19)18-14/h3-9,17H,2,10H2,1H3,(H,18,19). The quantitative estimate of drug-likeness (QED) is 0.709. The van der Waals surface area contributed by atoms with Crippen LogP contribution in [0.1, 0.15) is 12.5 Å². The van der Waals surface area contributed by atoms with Crippen LogP contribution in [-0.2, 0) is 16.6 Å². The number of rotatable bonds is 6. The van der Waals surface area contributed by atoms with E-state index in [0.717, 1.165) is 0 Å². The number of aromatic amines is 1. The smallest absolute Gasteiger partial charge is 0.417 e. The van der Waals surface area contributed by atoms with E-state index in [4.69, 9.17) is 9.15 Å². The molecule has 0 fully saturated rings. The fourth-order valence-electron chi connectivity index (χ4n) is 2.24. The van der Waals surface area contributed by atoms with Crippen LogP contribution < -0.4 is 15.2 Å². The summed E-state index contributed by atoms with van der Waals surface area (Å²) in [6.07, 6.45) is 0. The normalized spacial score (nSPS) is 11.7. The summed E-state index contributed by atoms with van der Waals surface area (Å²) in [6.45, 7) is 2.46. The fraction of sp³-hybridized carbons (Fsp3) is 0.188. The number of aromatic nitrogens is 1. The van der Waals surface area contributed by atoms with Crippen LogP contribution in [0.4, 0.5) is 0 Å². The Labute approximate surface area is 138 Å². The molecule has 126 valence electrons. The molecule has 0 amide bonds. The highest BCUT2D eigenvalue weighted by Gasteiger charge is 2.14. The Morgan fingerprint density at radius 1 is 1.17 bits per heavy atom. The lowest BCUT2D eigenvalue weighted by Gasteiger charge is -2.08. The van der Waals surface area contributed by atoms with Crippen molar-refractivity contribution in [3.8, 4) is 5.75 Å². The molecule has 0 atom stereocenters. The third-order valence-electron chi connectivity index (χ3n) is 3.40. The number of hydrogen-bond acceptors (Lipinski definition) is 5. The van der Waals surface area contributed by atoms with E-state index in [2.05, 4.69) is 9.71 Å². The second kappa shape index (κ2) is 6.50. The fourth-order valence-corrected chi connectivity index (χ4v) is 3.26. The van der Waals surface area contributed by atoms with Crippen molar-refractivity contribution in [3.05, 3.63) is 58.6 Å². The van der Waals surface area contributed by atoms with E-state index in [-0.39, 0.29) is 11.4 Å². The highest BCUT2D eigenvalue weighted by molar-refractivity contribution is 7.89. The van der Waals surface area contributed by atoms with Gasteiger partial charge in [0.2, 0.25) is 10.0 Å². The van der Waals surface area contributed by atoms with Gasteiger partial charge in [0.15, 0.2) is 5.58 Å². The summed E-state index contributed by atoms with van der Waals surface area (Å²) in [7, 11) is -3.64. The summed E-state index contributed by atoms with van der Waals surface area (Å²) in [6, 6.07) is 11.2. The molecule has 2 N–H and O–H groups in total. The van der Waals surface area contributed by atoms with Crippen LogP contribution in [0.2, 0.25) is 0 Å². The molecule has 0 saturated heterocycles. The van der Waals surface area contributed by atoms with Gasteiger partial charge in [-0.2, -0.15) is 0 Å². The molecule has 0 aliphatic rings. The third kappa shape index (κ3) is 3.50. The average molecular weight is 348 g/mol. The Balaban J connectivity index is 1.74. The lowest BCUT2D eigenvalue weighted by atomic mass is 10.2. The van der Waals surface area contributed by atoms with Crippen LogP contribution in [0.3, 0.4) is 0 Å². The summed E-state index contributed by atoms with van der Waals surface area (Å²) < 4.78 is 37.4. The second-order valence-electron chi connectivity index (χ2n) is 5.07. The predicted octanol–water partition coefficient (Wildman–Crippen LogP) is 2.00. The number of benzene rings is 2. The van der Waals surface area contributed by atoms with Crippen molar-refractivity contribution in [2.75, 3.05) is 6.61 Å². The first-order valence-corrected chi connectivity index (χ1v) is 8.80. The van der Waals surface area contributed by atoms with Gasteiger partial charge >= 0.3 is 5.76 Å². The van der Waals surface area contributed by atoms with Crippen molar-refractivity contribution in [2.45, 2.75) is 18.4 Å². The van der Waals surface area contributed by atoms with Gasteiger partial charge in [-0.05, 0) is 48.9 Å². The van der Waals surface area contributed by atoms with Gasteiger partial charge in [-0.15, -0.1) is 0 Å². The molecule has 0 bridgehead atoms. The van der Waals surface area contributed by atoms with E-state index >= 15 is 0 Å². The van der Waals surface area contributed by atoms with E-state index < -0.39 is 15.8 Å². The molecule has 0 radical (unpaired) electrons. The SMILES string of the molecule is CCOc1ccc(S(=O)(=O)NCc2ccc3[nH]c(=O)oc3c2)cc1. The maximum absolute atomic E-state index is 12.3. The highest BCUT2D eigenvalue weighted by Crippen LogP contribution is 2.17. The lowest BCUT2D eigenvalue weighted by Crippen LogP contribution is -2.23. The van der Waals surface area contributed by atoms with E-state index in [9.17, 15) is 13.2 Å². The Bertz CT molecular complexity index is 1000. The maximum atomic E-state index is 12.3. The first-order chi connectivity index (χ1) is 11.5. The number of H-pyrrole nitrogens is 1. The summed E-state index contributed by atoms with van der Waals surface area (Å²) in [5.74, 6) is 0.0708. The minimum atomic E-state index is -3.64. The summed E-state index contributed by atoms with van der Waals surface area (Å²) in [5.41, 5.74) is 1.63. The van der Waals surface area contributed by atoms with Crippen LogP contribution >= 0.6 is 0 Å². The summed E-state index contributed by atoms with van der Waals surface area (Å²) >= 11 is 0. The Morgan fingerprint density at radius 2 is 1.92 bits per heavy atom. The molecule has 8 heteroatoms. The topological polar surface area (TPSA) is 101 Å². The van der Waals surface area contributed by atoms with Crippen LogP contribution in [-0.4, -0.2) is 20.0 Å². The maximum Gasteiger partial charge on any atom is 0.417 e. The number of fused-ring (bicyclic) bond motifs is 1. The molecule has 0 saturated carbocycles. The summed E-state index contributed by atoms with van der Waals surface area (Å²) in [5, 5.41) is 0. The second-order valence-corrected chi connectivity index (χ2v) is 6.84. The first-order valence-electron chi connectivity index (χ1n) is 7.32. The van der Waals surface area contributed by atoms with Crippen molar-refractivity contribution < 1.29 is 17.6 Å². The molecule has 0 spiro atoms. The van der Waals surface area contributed by atoms with Crippen LogP contribution in [0.25, 0.3) is 11.1 Å². The van der Waals surface area contributed by atoms with Crippen molar-refractivity contribution in [3.63, 3.8) is 0 Å². The van der Waals surface area contributed by atoms with Crippen LogP contribution in [0.5, 0.6) is 5.75 Å². The van der Waals surface area contributed by atoms with Gasteiger partial charge in [0.25, 0.3) is 0 Å². The number of sulfonamides is 1. The molecule has 0 unspecified atom stereocenters. The van der Waals surface area contributed by atoms with E-state index in [1.54, 1.807) is 30.3 Å². The molecule has 0 aliphatic carbocycles. The molecule has 7 nitrogen and oxygen atoms in total. The van der Waals surface area contributed by atoms with Gasteiger partial charge in [0.1, 0.15) is 5.75 Å². The zero-order valence-corrected chi connectivity index (χ0v) is 13.7. The molecule has 0 aliphatic heterocycles. The van der Waals surface area contributed by atoms with Crippen molar-refractivity contribution in [1.82, 2.24) is 9.71 Å². The van der Waals surface area contributed by atoms with Crippen LogP contribution in [0, 0.1) is 0 Å². The number of ether oxygens (including phenoxy) is 1. The van der Waals surface area contributed by atoms with E-state index in [0.29, 0.717) is 29.0 Å². The Hall–Kier alpha value is -2.58. The predicted molar refractivity (Wildman–Crippen MR) is 88.5 cm³/mol. The van der Waals surface area contributed by atoms with Gasteiger partial charge in [0, 0.05) is 6.54 Å². The first kappa shape index (κ1) is 16.3. The van der Waals surface area contributed by atoms with Gasteiger partial charge in [-0.25, -0.2) is 17.9 Å². The van der Waals surface area contributed by atoms with Gasteiger partial charge in [-0.1, -0.05) is 6.07 Å². The van der Waals surface area contributed by atoms with E-state index in [1.165, 1.54) is 12.1 Å². The lowest BCUT2D eigenvalue weighted by molar-refractivity contribution is 0.340. The zero-order valence-electron chi connectivity index (χ0n) is 12.9. The third-order valence-corrected chi connectivity index (χ3v) is 4.81. The average Bonchev–Trinajstić information content (AvgIpc) is 2.93. The minimum absolute atomic E-state index is 0.0837. The number of nitrogens with one attached hydrogen (secondary N) is 2. The van der Waals surface area contributed by atoms with Gasteiger partial charge < -0.3 is 9.15 Å². The summed E-state index contributed by atoms with van der Waals surface area (Å²) in [4.78, 5) is 13.8. The largest absolute Gasteiger partial charge is 0.494 e. The Morgan fingerprint density at radius 3 is 2.62 bits per heavy atom. The molecular weight excluding hydrogens is 332 g/mol. The molecule has 1 heterocycles. The molecule has 24 heavy (non-hydrogen) atoms. The van der Waals surface area contributed by atoms with Crippen molar-refractivity contribution >= 4 is 21.1 Å². The van der Waals surface area contributed by atoms with Gasteiger partial charge in [0.05, 0.1) is 17.0 Å². The molecular formula is C16H16N2O5S. The van der Waals surface area contributed by atoms with Gasteiger partial charge in [-0.3, -0.25) is 4.98 Å². The van der Waals surface area contributed by atoms with Crippen molar-refractivity contribution in [2.24, 2.45) is 0 Å². The number of oxazole rings is 1. The van der Waals surface area contributed by atoms with E-state index in [1.807, 2.05) is 6.92 Å². The molecule has 3 rings (SSSR count).